The van der Waals surface area contributed by atoms with Crippen molar-refractivity contribution in [2.75, 3.05) is 7.11 Å². The second kappa shape index (κ2) is 14.6. The van der Waals surface area contributed by atoms with E-state index in [2.05, 4.69) is 25.2 Å². The molecule has 5 rings (SSSR count). The van der Waals surface area contributed by atoms with Crippen LogP contribution in [0.3, 0.4) is 0 Å². The molecule has 3 aliphatic rings. The van der Waals surface area contributed by atoms with E-state index in [1.807, 2.05) is 25.3 Å². The number of aromatic carboxylic acids is 1. The van der Waals surface area contributed by atoms with Crippen LogP contribution >= 0.6 is 22.7 Å². The molecule has 0 bridgehead atoms. The minimum absolute atomic E-state index is 0.259. The second-order valence-corrected chi connectivity index (χ2v) is 12.2. The molecule has 1 N–H and O–H groups in total. The predicted molar refractivity (Wildman–Crippen MR) is 152 cm³/mol. The van der Waals surface area contributed by atoms with Crippen LogP contribution in [0.25, 0.3) is 0 Å². The van der Waals surface area contributed by atoms with Gasteiger partial charge in [0.15, 0.2) is 5.78 Å². The van der Waals surface area contributed by atoms with Crippen LogP contribution in [0.4, 0.5) is 0 Å². The fourth-order valence-electron chi connectivity index (χ4n) is 6.11. The number of ketones is 1. The lowest BCUT2D eigenvalue weighted by Gasteiger charge is -2.53. The Balaban J connectivity index is 0.000000213. The summed E-state index contributed by atoms with van der Waals surface area (Å²) in [6, 6.07) is 6.84. The van der Waals surface area contributed by atoms with E-state index in [9.17, 15) is 14.4 Å². The zero-order valence-corrected chi connectivity index (χ0v) is 24.5. The van der Waals surface area contributed by atoms with Crippen molar-refractivity contribution in [3.8, 4) is 0 Å². The Hall–Kier alpha value is -2.25. The number of fused-ring (bicyclic) bond motifs is 3. The quantitative estimate of drug-likeness (QED) is 0.302. The molecule has 37 heavy (non-hydrogen) atoms. The van der Waals surface area contributed by atoms with Gasteiger partial charge in [0.25, 0.3) is 0 Å². The van der Waals surface area contributed by atoms with Crippen molar-refractivity contribution < 1.29 is 24.2 Å². The minimum Gasteiger partial charge on any atom is -0.477 e. The summed E-state index contributed by atoms with van der Waals surface area (Å²) in [6.07, 6.45) is 8.72. The number of hydrogen-bond acceptors (Lipinski definition) is 6. The topological polar surface area (TPSA) is 80.7 Å². The maximum Gasteiger partial charge on any atom is 0.348 e. The average molecular weight is 547 g/mol. The maximum atomic E-state index is 12.3. The Labute approximate surface area is 230 Å². The lowest BCUT2D eigenvalue weighted by atomic mass is 9.51. The molecule has 204 valence electrons. The van der Waals surface area contributed by atoms with Gasteiger partial charge in [-0.25, -0.2) is 9.59 Å². The first kappa shape index (κ1) is 31.0. The zero-order chi connectivity index (χ0) is 27.6. The van der Waals surface area contributed by atoms with Crippen LogP contribution < -0.4 is 0 Å². The molecule has 0 aromatic carbocycles. The number of allylic oxidation sites excluding steroid dienone is 1. The van der Waals surface area contributed by atoms with Gasteiger partial charge in [-0.1, -0.05) is 52.8 Å². The maximum absolute atomic E-state index is 12.3. The molecule has 2 aromatic heterocycles. The summed E-state index contributed by atoms with van der Waals surface area (Å²) >= 11 is 2.61. The molecule has 0 radical (unpaired) electrons. The summed E-state index contributed by atoms with van der Waals surface area (Å²) in [4.78, 5) is 34.1. The van der Waals surface area contributed by atoms with Crippen molar-refractivity contribution in [3.63, 3.8) is 0 Å². The van der Waals surface area contributed by atoms with Gasteiger partial charge in [-0.15, -0.1) is 22.7 Å². The molecule has 3 saturated carbocycles. The van der Waals surface area contributed by atoms with E-state index in [1.54, 1.807) is 23.6 Å². The number of esters is 1. The molecular weight excluding hydrogens is 504 g/mol. The number of thiophene rings is 2. The summed E-state index contributed by atoms with van der Waals surface area (Å²) in [6.45, 7) is 12.9. The highest BCUT2D eigenvalue weighted by atomic mass is 32.1. The van der Waals surface area contributed by atoms with Gasteiger partial charge in [-0.3, -0.25) is 4.79 Å². The molecule has 2 heterocycles. The summed E-state index contributed by atoms with van der Waals surface area (Å²) in [5.74, 6) is 2.01. The van der Waals surface area contributed by atoms with Crippen LogP contribution in [0, 0.1) is 29.1 Å². The van der Waals surface area contributed by atoms with Gasteiger partial charge in [0, 0.05) is 5.92 Å². The highest BCUT2D eigenvalue weighted by Crippen LogP contribution is 2.56. The van der Waals surface area contributed by atoms with E-state index in [0.29, 0.717) is 32.8 Å². The third-order valence-electron chi connectivity index (χ3n) is 7.84. The number of Topliss-reactive ketones (excluding diaryl/α,β-unsaturated/α-hetero) is 1. The second-order valence-electron chi connectivity index (χ2n) is 10.3. The highest BCUT2D eigenvalue weighted by Gasteiger charge is 2.50. The standard InChI is InChI=1S/C17H26O.C6H6O2S.C5H4O2S.C2H6/c1-11-6-7-12-13-5-4-10-17(2,3)15(13)9-8-14(12)16(11)18;1-8-6(7)5-3-2-4-9-5;6-5(7)4-2-1-3-8-4;1-2/h12-15H,1,4-10H2,2-3H3;2-4H,1H3;1-3H,(H,6,7);1-2H3. The number of carboxylic acid groups (broad SMARTS) is 1. The molecule has 7 heteroatoms. The molecule has 0 amide bonds. The summed E-state index contributed by atoms with van der Waals surface area (Å²) in [5, 5.41) is 11.9. The Morgan fingerprint density at radius 1 is 1.00 bits per heavy atom. The lowest BCUT2D eigenvalue weighted by Crippen LogP contribution is -2.47. The van der Waals surface area contributed by atoms with E-state index >= 15 is 0 Å². The number of hydrogen-bond donors (Lipinski definition) is 1. The number of methoxy groups -OCH3 is 1. The SMILES string of the molecule is C=C1CCC2C(CCC3C2CCCC3(C)C)C1=O.CC.COC(=O)c1cccs1.O=C(O)c1cccs1. The van der Waals surface area contributed by atoms with E-state index < -0.39 is 5.97 Å². The van der Waals surface area contributed by atoms with Crippen LogP contribution in [-0.2, 0) is 9.53 Å². The summed E-state index contributed by atoms with van der Waals surface area (Å²) in [7, 11) is 1.38. The average Bonchev–Trinajstić information content (AvgIpc) is 3.63. The van der Waals surface area contributed by atoms with Crippen molar-refractivity contribution in [2.24, 2.45) is 29.1 Å². The predicted octanol–water partition coefficient (Wildman–Crippen LogP) is 8.38. The lowest BCUT2D eigenvalue weighted by molar-refractivity contribution is -0.129. The van der Waals surface area contributed by atoms with Crippen molar-refractivity contribution in [3.05, 3.63) is 56.9 Å². The number of carbonyl (C=O) groups is 3. The van der Waals surface area contributed by atoms with E-state index in [4.69, 9.17) is 5.11 Å². The zero-order valence-electron chi connectivity index (χ0n) is 22.8. The largest absolute Gasteiger partial charge is 0.477 e. The van der Waals surface area contributed by atoms with E-state index in [1.165, 1.54) is 61.9 Å². The first-order chi connectivity index (χ1) is 17.7. The Morgan fingerprint density at radius 2 is 1.62 bits per heavy atom. The van der Waals surface area contributed by atoms with Crippen LogP contribution in [0.1, 0.15) is 92.0 Å². The third-order valence-corrected chi connectivity index (χ3v) is 9.55. The molecule has 0 aliphatic heterocycles. The van der Waals surface area contributed by atoms with Gasteiger partial charge >= 0.3 is 11.9 Å². The van der Waals surface area contributed by atoms with Gasteiger partial charge in [-0.05, 0) is 90.2 Å². The van der Waals surface area contributed by atoms with Crippen molar-refractivity contribution >= 4 is 40.4 Å². The van der Waals surface area contributed by atoms with Crippen LogP contribution in [0.5, 0.6) is 0 Å². The van der Waals surface area contributed by atoms with Crippen molar-refractivity contribution in [1.82, 2.24) is 0 Å². The van der Waals surface area contributed by atoms with Crippen molar-refractivity contribution in [1.29, 1.82) is 0 Å². The number of carboxylic acids is 1. The molecule has 4 unspecified atom stereocenters. The first-order valence-electron chi connectivity index (χ1n) is 13.3. The van der Waals surface area contributed by atoms with Crippen LogP contribution in [0.2, 0.25) is 0 Å². The summed E-state index contributed by atoms with van der Waals surface area (Å²) < 4.78 is 4.47. The number of rotatable bonds is 2. The fraction of sp³-hybridized carbons (Fsp3) is 0.567. The molecule has 0 spiro atoms. The van der Waals surface area contributed by atoms with Crippen LogP contribution in [0.15, 0.2) is 47.2 Å². The Bertz CT molecular complexity index is 1010. The number of ether oxygens (including phenoxy) is 1. The van der Waals surface area contributed by atoms with Crippen LogP contribution in [-0.4, -0.2) is 29.9 Å². The minimum atomic E-state index is -0.847. The fourth-order valence-corrected chi connectivity index (χ4v) is 7.31. The van der Waals surface area contributed by atoms with E-state index in [0.717, 1.165) is 30.3 Å². The van der Waals surface area contributed by atoms with Gasteiger partial charge in [0.1, 0.15) is 9.75 Å². The molecular formula is C30H42O5S2. The smallest absolute Gasteiger partial charge is 0.348 e. The van der Waals surface area contributed by atoms with Gasteiger partial charge < -0.3 is 9.84 Å². The molecule has 3 aliphatic carbocycles. The van der Waals surface area contributed by atoms with Gasteiger partial charge in [0.2, 0.25) is 0 Å². The van der Waals surface area contributed by atoms with Gasteiger partial charge in [0.05, 0.1) is 7.11 Å². The normalized spacial score (nSPS) is 25.3. The van der Waals surface area contributed by atoms with E-state index in [-0.39, 0.29) is 5.97 Å². The summed E-state index contributed by atoms with van der Waals surface area (Å²) in [5.41, 5.74) is 1.41. The number of carbonyl (C=O) groups excluding carboxylic acids is 2. The van der Waals surface area contributed by atoms with Gasteiger partial charge in [-0.2, -0.15) is 0 Å². The first-order valence-corrected chi connectivity index (χ1v) is 15.0. The molecule has 3 fully saturated rings. The van der Waals surface area contributed by atoms with Crippen molar-refractivity contribution in [2.45, 2.75) is 72.6 Å². The molecule has 4 atom stereocenters. The molecule has 5 nitrogen and oxygen atoms in total. The Kier molecular flexibility index (Phi) is 12.2. The Morgan fingerprint density at radius 3 is 2.14 bits per heavy atom. The molecule has 2 aromatic rings. The highest BCUT2D eigenvalue weighted by molar-refractivity contribution is 7.12. The monoisotopic (exact) mass is 546 g/mol. The molecule has 0 saturated heterocycles. The third kappa shape index (κ3) is 8.11.